The van der Waals surface area contributed by atoms with Crippen molar-refractivity contribution in [2.24, 2.45) is 0 Å². The predicted molar refractivity (Wildman–Crippen MR) is 81.3 cm³/mol. The number of pyridine rings is 2. The smallest absolute Gasteiger partial charge is 0.252 e. The number of amides is 1. The summed E-state index contributed by atoms with van der Waals surface area (Å²) >= 11 is 3.36. The Balaban J connectivity index is 2.26. The number of hydrogen-bond donors (Lipinski definition) is 1. The molecule has 2 aromatic heterocycles. The zero-order valence-electron chi connectivity index (χ0n) is 11.4. The van der Waals surface area contributed by atoms with Crippen molar-refractivity contribution in [2.75, 3.05) is 0 Å². The van der Waals surface area contributed by atoms with Gasteiger partial charge in [-0.3, -0.25) is 9.78 Å². The van der Waals surface area contributed by atoms with Gasteiger partial charge in [0.05, 0.1) is 5.54 Å². The Morgan fingerprint density at radius 2 is 2.00 bits per heavy atom. The standard InChI is InChI=1S/C15H16BrN3O/c1-3-15(2,12-6-9-18-13(16)10-12)19-14(20)11-4-7-17-8-5-11/h4-10H,3H2,1-2H3,(H,19,20). The molecule has 104 valence electrons. The fraction of sp³-hybridized carbons (Fsp3) is 0.267. The number of rotatable bonds is 4. The van der Waals surface area contributed by atoms with Crippen LogP contribution >= 0.6 is 15.9 Å². The maximum Gasteiger partial charge on any atom is 0.252 e. The van der Waals surface area contributed by atoms with Gasteiger partial charge in [-0.2, -0.15) is 0 Å². The zero-order chi connectivity index (χ0) is 14.6. The van der Waals surface area contributed by atoms with Gasteiger partial charge < -0.3 is 5.32 Å². The molecule has 0 bridgehead atoms. The molecule has 2 aromatic rings. The van der Waals surface area contributed by atoms with Gasteiger partial charge >= 0.3 is 0 Å². The van der Waals surface area contributed by atoms with Crippen molar-refractivity contribution in [2.45, 2.75) is 25.8 Å². The summed E-state index contributed by atoms with van der Waals surface area (Å²) in [5.74, 6) is -0.107. The van der Waals surface area contributed by atoms with Gasteiger partial charge in [0, 0.05) is 24.2 Å². The van der Waals surface area contributed by atoms with Crippen molar-refractivity contribution >= 4 is 21.8 Å². The summed E-state index contributed by atoms with van der Waals surface area (Å²) in [6.07, 6.45) is 5.73. The Morgan fingerprint density at radius 3 is 2.60 bits per heavy atom. The minimum atomic E-state index is -0.439. The van der Waals surface area contributed by atoms with Gasteiger partial charge in [0.15, 0.2) is 0 Å². The lowest BCUT2D eigenvalue weighted by atomic mass is 9.89. The lowest BCUT2D eigenvalue weighted by Gasteiger charge is -2.30. The van der Waals surface area contributed by atoms with Crippen LogP contribution in [0.4, 0.5) is 0 Å². The van der Waals surface area contributed by atoms with Crippen LogP contribution in [0.2, 0.25) is 0 Å². The molecule has 0 aliphatic rings. The summed E-state index contributed by atoms with van der Waals surface area (Å²) in [6.45, 7) is 4.05. The second kappa shape index (κ2) is 6.13. The minimum Gasteiger partial charge on any atom is -0.343 e. The summed E-state index contributed by atoms with van der Waals surface area (Å²) in [7, 11) is 0. The summed E-state index contributed by atoms with van der Waals surface area (Å²) < 4.78 is 0.757. The van der Waals surface area contributed by atoms with Crippen molar-refractivity contribution in [3.8, 4) is 0 Å². The molecule has 1 N–H and O–H groups in total. The lowest BCUT2D eigenvalue weighted by molar-refractivity contribution is 0.0902. The minimum absolute atomic E-state index is 0.107. The van der Waals surface area contributed by atoms with E-state index < -0.39 is 5.54 Å². The van der Waals surface area contributed by atoms with E-state index in [1.54, 1.807) is 30.7 Å². The lowest BCUT2D eigenvalue weighted by Crippen LogP contribution is -2.43. The topological polar surface area (TPSA) is 54.9 Å². The molecule has 4 nitrogen and oxygen atoms in total. The van der Waals surface area contributed by atoms with Gasteiger partial charge in [-0.25, -0.2) is 4.98 Å². The molecule has 1 atom stereocenters. The predicted octanol–water partition coefficient (Wildman–Crippen LogP) is 3.29. The van der Waals surface area contributed by atoms with E-state index in [-0.39, 0.29) is 5.91 Å². The van der Waals surface area contributed by atoms with Crippen LogP contribution in [0.1, 0.15) is 36.2 Å². The van der Waals surface area contributed by atoms with Gasteiger partial charge in [0.2, 0.25) is 0 Å². The molecule has 0 aliphatic heterocycles. The average Bonchev–Trinajstić information content (AvgIpc) is 2.48. The van der Waals surface area contributed by atoms with Crippen LogP contribution in [0.15, 0.2) is 47.5 Å². The van der Waals surface area contributed by atoms with Crippen molar-refractivity contribution in [3.63, 3.8) is 0 Å². The highest BCUT2D eigenvalue weighted by Crippen LogP contribution is 2.26. The van der Waals surface area contributed by atoms with Crippen LogP contribution in [0.3, 0.4) is 0 Å². The third-order valence-electron chi connectivity index (χ3n) is 3.40. The van der Waals surface area contributed by atoms with Crippen molar-refractivity contribution < 1.29 is 4.79 Å². The van der Waals surface area contributed by atoms with Crippen LogP contribution < -0.4 is 5.32 Å². The Kier molecular flexibility index (Phi) is 4.49. The normalized spacial score (nSPS) is 13.6. The number of halogens is 1. The third kappa shape index (κ3) is 3.22. The van der Waals surface area contributed by atoms with E-state index in [4.69, 9.17) is 0 Å². The molecular weight excluding hydrogens is 318 g/mol. The van der Waals surface area contributed by atoms with E-state index in [9.17, 15) is 4.79 Å². The number of carbonyl (C=O) groups is 1. The maximum absolute atomic E-state index is 12.3. The maximum atomic E-state index is 12.3. The first-order valence-corrected chi connectivity index (χ1v) is 7.19. The number of nitrogens with one attached hydrogen (secondary N) is 1. The molecule has 2 rings (SSSR count). The number of aromatic nitrogens is 2. The summed E-state index contributed by atoms with van der Waals surface area (Å²) in [4.78, 5) is 20.4. The largest absolute Gasteiger partial charge is 0.343 e. The van der Waals surface area contributed by atoms with Crippen molar-refractivity contribution in [1.82, 2.24) is 15.3 Å². The van der Waals surface area contributed by atoms with Crippen LogP contribution in [0.25, 0.3) is 0 Å². The van der Waals surface area contributed by atoms with Crippen LogP contribution in [-0.2, 0) is 5.54 Å². The summed E-state index contributed by atoms with van der Waals surface area (Å²) in [5.41, 5.74) is 1.18. The number of nitrogens with zero attached hydrogens (tertiary/aromatic N) is 2. The van der Waals surface area contributed by atoms with Crippen molar-refractivity contribution in [3.05, 3.63) is 58.6 Å². The first kappa shape index (κ1) is 14.7. The van der Waals surface area contributed by atoms with Crippen LogP contribution in [0, 0.1) is 0 Å². The second-order valence-electron chi connectivity index (χ2n) is 4.74. The van der Waals surface area contributed by atoms with E-state index in [2.05, 4.69) is 31.2 Å². The zero-order valence-corrected chi connectivity index (χ0v) is 13.0. The first-order chi connectivity index (χ1) is 9.55. The van der Waals surface area contributed by atoms with E-state index in [1.165, 1.54) is 0 Å². The summed E-state index contributed by atoms with van der Waals surface area (Å²) in [6, 6.07) is 7.25. The van der Waals surface area contributed by atoms with Crippen molar-refractivity contribution in [1.29, 1.82) is 0 Å². The van der Waals surface area contributed by atoms with Gasteiger partial charge in [-0.15, -0.1) is 0 Å². The molecule has 0 radical (unpaired) electrons. The molecule has 0 fully saturated rings. The van der Waals surface area contributed by atoms with Crippen LogP contribution in [-0.4, -0.2) is 15.9 Å². The number of hydrogen-bond acceptors (Lipinski definition) is 3. The fourth-order valence-electron chi connectivity index (χ4n) is 1.94. The molecule has 0 saturated heterocycles. The summed E-state index contributed by atoms with van der Waals surface area (Å²) in [5, 5.41) is 3.09. The van der Waals surface area contributed by atoms with Gasteiger partial charge in [-0.1, -0.05) is 6.92 Å². The van der Waals surface area contributed by atoms with E-state index in [0.29, 0.717) is 5.56 Å². The van der Waals surface area contributed by atoms with E-state index >= 15 is 0 Å². The Labute approximate surface area is 126 Å². The fourth-order valence-corrected chi connectivity index (χ4v) is 2.30. The second-order valence-corrected chi connectivity index (χ2v) is 5.56. The molecule has 5 heteroatoms. The monoisotopic (exact) mass is 333 g/mol. The van der Waals surface area contributed by atoms with Gasteiger partial charge in [-0.05, 0) is 59.1 Å². The molecule has 20 heavy (non-hydrogen) atoms. The molecule has 0 spiro atoms. The molecule has 2 heterocycles. The quantitative estimate of drug-likeness (QED) is 0.873. The van der Waals surface area contributed by atoms with E-state index in [1.807, 2.05) is 26.0 Å². The molecule has 1 amide bonds. The highest BCUT2D eigenvalue weighted by molar-refractivity contribution is 9.10. The first-order valence-electron chi connectivity index (χ1n) is 6.40. The van der Waals surface area contributed by atoms with Gasteiger partial charge in [0.25, 0.3) is 5.91 Å². The molecular formula is C15H16BrN3O. The molecule has 0 aromatic carbocycles. The highest BCUT2D eigenvalue weighted by atomic mass is 79.9. The van der Waals surface area contributed by atoms with Crippen LogP contribution in [0.5, 0.6) is 0 Å². The highest BCUT2D eigenvalue weighted by Gasteiger charge is 2.27. The molecule has 1 unspecified atom stereocenters. The Morgan fingerprint density at radius 1 is 1.30 bits per heavy atom. The molecule has 0 aliphatic carbocycles. The Hall–Kier alpha value is -1.75. The third-order valence-corrected chi connectivity index (χ3v) is 3.84. The van der Waals surface area contributed by atoms with E-state index in [0.717, 1.165) is 16.6 Å². The Bertz CT molecular complexity index is 603. The molecule has 0 saturated carbocycles. The number of carbonyl (C=O) groups excluding carboxylic acids is 1. The average molecular weight is 334 g/mol. The SMILES string of the molecule is CCC(C)(NC(=O)c1ccncc1)c1ccnc(Br)c1. The van der Waals surface area contributed by atoms with Gasteiger partial charge in [0.1, 0.15) is 4.60 Å².